The number of nitrogens with one attached hydrogen (secondary N) is 1. The van der Waals surface area contributed by atoms with Crippen molar-refractivity contribution in [2.45, 2.75) is 26.7 Å². The first-order valence-corrected chi connectivity index (χ1v) is 5.93. The Labute approximate surface area is 110 Å². The maximum atomic E-state index is 11.1. The third-order valence-electron chi connectivity index (χ3n) is 1.99. The van der Waals surface area contributed by atoms with E-state index in [1.54, 1.807) is 19.1 Å². The van der Waals surface area contributed by atoms with Crippen LogP contribution in [0.2, 0.25) is 5.15 Å². The van der Waals surface area contributed by atoms with Gasteiger partial charge >= 0.3 is 5.97 Å². The number of hydrogen-bond acceptors (Lipinski definition) is 6. The predicted octanol–water partition coefficient (Wildman–Crippen LogP) is 2.26. The molecule has 98 valence electrons. The van der Waals surface area contributed by atoms with Crippen LogP contribution in [-0.2, 0) is 9.53 Å². The highest BCUT2D eigenvalue weighted by Gasteiger charge is 2.02. The summed E-state index contributed by atoms with van der Waals surface area (Å²) in [6.45, 7) is 3.99. The van der Waals surface area contributed by atoms with Gasteiger partial charge in [0.1, 0.15) is 0 Å². The molecule has 0 fully saturated rings. The zero-order valence-corrected chi connectivity index (χ0v) is 11.1. The lowest BCUT2D eigenvalue weighted by Gasteiger charge is -2.02. The topological polar surface area (TPSA) is 76.5 Å². The van der Waals surface area contributed by atoms with Gasteiger partial charge in [0.15, 0.2) is 11.0 Å². The number of anilines is 1. The Morgan fingerprint density at radius 3 is 2.83 bits per heavy atom. The average molecular weight is 271 g/mol. The van der Waals surface area contributed by atoms with E-state index in [0.717, 1.165) is 5.71 Å². The number of aromatic nitrogens is 2. The number of halogens is 1. The third-order valence-corrected chi connectivity index (χ3v) is 2.19. The van der Waals surface area contributed by atoms with Crippen molar-refractivity contribution in [2.75, 3.05) is 12.0 Å². The average Bonchev–Trinajstić information content (AvgIpc) is 2.36. The summed E-state index contributed by atoms with van der Waals surface area (Å²) in [6, 6.07) is 3.28. The quantitative estimate of drug-likeness (QED) is 0.487. The second kappa shape index (κ2) is 7.60. The third kappa shape index (κ3) is 5.58. The molecule has 0 saturated carbocycles. The van der Waals surface area contributed by atoms with Crippen LogP contribution in [0.5, 0.6) is 0 Å². The van der Waals surface area contributed by atoms with Crippen LogP contribution < -0.4 is 5.43 Å². The molecule has 1 rings (SSSR count). The standard InChI is InChI=1S/C11H15ClN4O2/c1-3-18-11(17)7-4-8(2)13-15-10-6-5-9(12)14-16-10/h5-6H,3-4,7H2,1-2H3,(H,15,16). The van der Waals surface area contributed by atoms with E-state index >= 15 is 0 Å². The Kier molecular flexibility index (Phi) is 6.07. The summed E-state index contributed by atoms with van der Waals surface area (Å²) in [4.78, 5) is 11.1. The van der Waals surface area contributed by atoms with Crippen molar-refractivity contribution < 1.29 is 9.53 Å². The fraction of sp³-hybridized carbons (Fsp3) is 0.455. The molecule has 1 aromatic rings. The fourth-order valence-electron chi connectivity index (χ4n) is 1.10. The summed E-state index contributed by atoms with van der Waals surface area (Å²) in [7, 11) is 0. The van der Waals surface area contributed by atoms with Crippen LogP contribution in [0.1, 0.15) is 26.7 Å². The molecule has 0 aromatic carbocycles. The molecular weight excluding hydrogens is 256 g/mol. The van der Waals surface area contributed by atoms with Gasteiger partial charge in [0.05, 0.1) is 13.0 Å². The molecule has 1 heterocycles. The molecule has 7 heteroatoms. The Balaban J connectivity index is 2.37. The van der Waals surface area contributed by atoms with Crippen LogP contribution in [0.15, 0.2) is 17.2 Å². The monoisotopic (exact) mass is 270 g/mol. The minimum Gasteiger partial charge on any atom is -0.466 e. The molecule has 0 aliphatic carbocycles. The van der Waals surface area contributed by atoms with Crippen molar-refractivity contribution in [3.8, 4) is 0 Å². The van der Waals surface area contributed by atoms with Crippen molar-refractivity contribution in [1.82, 2.24) is 10.2 Å². The van der Waals surface area contributed by atoms with Gasteiger partial charge < -0.3 is 4.74 Å². The van der Waals surface area contributed by atoms with Gasteiger partial charge in [-0.05, 0) is 32.4 Å². The molecule has 0 amide bonds. The summed E-state index contributed by atoms with van der Waals surface area (Å²) >= 11 is 5.60. The Morgan fingerprint density at radius 2 is 2.22 bits per heavy atom. The highest BCUT2D eigenvalue weighted by molar-refractivity contribution is 6.29. The van der Waals surface area contributed by atoms with Gasteiger partial charge in [-0.2, -0.15) is 5.10 Å². The van der Waals surface area contributed by atoms with E-state index in [9.17, 15) is 4.79 Å². The molecule has 0 aliphatic rings. The van der Waals surface area contributed by atoms with Gasteiger partial charge in [0.25, 0.3) is 0 Å². The van der Waals surface area contributed by atoms with Gasteiger partial charge in [-0.15, -0.1) is 10.2 Å². The first kappa shape index (κ1) is 14.4. The Morgan fingerprint density at radius 1 is 1.44 bits per heavy atom. The number of carbonyl (C=O) groups excluding carboxylic acids is 1. The number of hydrogen-bond donors (Lipinski definition) is 1. The van der Waals surface area contributed by atoms with Crippen molar-refractivity contribution >= 4 is 29.1 Å². The minimum absolute atomic E-state index is 0.224. The maximum absolute atomic E-state index is 11.1. The SMILES string of the molecule is CCOC(=O)CCC(C)=NNc1ccc(Cl)nn1. The molecule has 1 N–H and O–H groups in total. The number of ether oxygens (including phenoxy) is 1. The van der Waals surface area contributed by atoms with Crippen molar-refractivity contribution in [2.24, 2.45) is 5.10 Å². The number of carbonyl (C=O) groups is 1. The highest BCUT2D eigenvalue weighted by atomic mass is 35.5. The molecule has 6 nitrogen and oxygen atoms in total. The highest BCUT2D eigenvalue weighted by Crippen LogP contribution is 2.06. The van der Waals surface area contributed by atoms with E-state index in [2.05, 4.69) is 20.7 Å². The van der Waals surface area contributed by atoms with Crippen LogP contribution in [0, 0.1) is 0 Å². The molecule has 0 spiro atoms. The molecule has 0 radical (unpaired) electrons. The second-order valence-corrected chi connectivity index (χ2v) is 3.89. The lowest BCUT2D eigenvalue weighted by Crippen LogP contribution is -2.07. The lowest BCUT2D eigenvalue weighted by molar-refractivity contribution is -0.142. The van der Waals surface area contributed by atoms with E-state index in [-0.39, 0.29) is 5.97 Å². The molecule has 0 saturated heterocycles. The van der Waals surface area contributed by atoms with Crippen LogP contribution in [0.25, 0.3) is 0 Å². The predicted molar refractivity (Wildman–Crippen MR) is 69.6 cm³/mol. The summed E-state index contributed by atoms with van der Waals surface area (Å²) in [6.07, 6.45) is 0.851. The van der Waals surface area contributed by atoms with E-state index < -0.39 is 0 Å². The normalized spacial score (nSPS) is 11.2. The summed E-state index contributed by atoms with van der Waals surface area (Å²) in [5.41, 5.74) is 3.51. The van der Waals surface area contributed by atoms with E-state index in [0.29, 0.717) is 30.4 Å². The van der Waals surface area contributed by atoms with Gasteiger partial charge in [0, 0.05) is 5.71 Å². The fourth-order valence-corrected chi connectivity index (χ4v) is 1.20. The molecule has 0 unspecified atom stereocenters. The number of esters is 1. The van der Waals surface area contributed by atoms with Crippen LogP contribution in [-0.4, -0.2) is 28.5 Å². The maximum Gasteiger partial charge on any atom is 0.306 e. The van der Waals surface area contributed by atoms with Gasteiger partial charge in [-0.3, -0.25) is 10.2 Å². The van der Waals surface area contributed by atoms with Gasteiger partial charge in [0.2, 0.25) is 0 Å². The zero-order chi connectivity index (χ0) is 13.4. The van der Waals surface area contributed by atoms with Crippen molar-refractivity contribution in [3.63, 3.8) is 0 Å². The van der Waals surface area contributed by atoms with E-state index in [4.69, 9.17) is 16.3 Å². The summed E-state index contributed by atoms with van der Waals surface area (Å²) < 4.78 is 4.82. The smallest absolute Gasteiger partial charge is 0.306 e. The molecular formula is C11H15ClN4O2. The van der Waals surface area contributed by atoms with Crippen molar-refractivity contribution in [3.05, 3.63) is 17.3 Å². The number of rotatable bonds is 6. The first-order chi connectivity index (χ1) is 8.61. The zero-order valence-electron chi connectivity index (χ0n) is 10.3. The summed E-state index contributed by atoms with van der Waals surface area (Å²) in [5, 5.41) is 11.8. The molecule has 1 aromatic heterocycles. The van der Waals surface area contributed by atoms with E-state index in [1.165, 1.54) is 0 Å². The number of hydrazone groups is 1. The van der Waals surface area contributed by atoms with Crippen LogP contribution in [0.4, 0.5) is 5.82 Å². The molecule has 0 atom stereocenters. The van der Waals surface area contributed by atoms with Gasteiger partial charge in [-0.25, -0.2) is 0 Å². The van der Waals surface area contributed by atoms with Crippen LogP contribution >= 0.6 is 11.6 Å². The van der Waals surface area contributed by atoms with Crippen molar-refractivity contribution in [1.29, 1.82) is 0 Å². The van der Waals surface area contributed by atoms with Crippen LogP contribution in [0.3, 0.4) is 0 Å². The summed E-state index contributed by atoms with van der Waals surface area (Å²) in [5.74, 6) is 0.271. The van der Waals surface area contributed by atoms with Gasteiger partial charge in [-0.1, -0.05) is 11.6 Å². The number of nitrogens with zero attached hydrogens (tertiary/aromatic N) is 3. The largest absolute Gasteiger partial charge is 0.466 e. The minimum atomic E-state index is -0.224. The van der Waals surface area contributed by atoms with E-state index in [1.807, 2.05) is 6.92 Å². The second-order valence-electron chi connectivity index (χ2n) is 3.51. The Hall–Kier alpha value is -1.69. The first-order valence-electron chi connectivity index (χ1n) is 5.56. The molecule has 0 aliphatic heterocycles. The lowest BCUT2D eigenvalue weighted by atomic mass is 10.2. The molecule has 18 heavy (non-hydrogen) atoms. The molecule has 0 bridgehead atoms. The Bertz CT molecular complexity index is 420.